The summed E-state index contributed by atoms with van der Waals surface area (Å²) in [5, 5.41) is 0.355. The fourth-order valence-corrected chi connectivity index (χ4v) is 3.68. The highest BCUT2D eigenvalue weighted by molar-refractivity contribution is 9.09. The summed E-state index contributed by atoms with van der Waals surface area (Å²) >= 11 is 3.26. The average molecular weight is 388 g/mol. The molecule has 0 saturated carbocycles. The number of hydrogen-bond donors (Lipinski definition) is 0. The third-order valence-electron chi connectivity index (χ3n) is 4.63. The molecule has 2 aromatic rings. The minimum absolute atomic E-state index is 0.0811. The maximum atomic E-state index is 12.0. The van der Waals surface area contributed by atoms with Crippen LogP contribution in [0.3, 0.4) is 0 Å². The SMILES string of the molecule is COc1ccc(CN2CC(C)(C)c3ccc(C(=O)CBr)cc32)cc1. The summed E-state index contributed by atoms with van der Waals surface area (Å²) in [5.74, 6) is 0.984. The zero-order valence-electron chi connectivity index (χ0n) is 14.3. The molecule has 3 nitrogen and oxygen atoms in total. The molecule has 0 spiro atoms. The van der Waals surface area contributed by atoms with Gasteiger partial charge in [-0.15, -0.1) is 0 Å². The number of benzene rings is 2. The predicted octanol–water partition coefficient (Wildman–Crippen LogP) is 4.57. The van der Waals surface area contributed by atoms with Gasteiger partial charge in [0, 0.05) is 29.8 Å². The van der Waals surface area contributed by atoms with Crippen LogP contribution in [0.25, 0.3) is 0 Å². The van der Waals surface area contributed by atoms with E-state index in [4.69, 9.17) is 4.74 Å². The van der Waals surface area contributed by atoms with Crippen molar-refractivity contribution in [2.45, 2.75) is 25.8 Å². The van der Waals surface area contributed by atoms with Crippen LogP contribution in [-0.2, 0) is 12.0 Å². The summed E-state index contributed by atoms with van der Waals surface area (Å²) in [6, 6.07) is 14.3. The molecule has 0 aliphatic carbocycles. The smallest absolute Gasteiger partial charge is 0.173 e. The Labute approximate surface area is 151 Å². The highest BCUT2D eigenvalue weighted by Gasteiger charge is 2.35. The molecule has 0 N–H and O–H groups in total. The number of carbonyl (C=O) groups excluding carboxylic acids is 1. The normalized spacial score (nSPS) is 15.2. The van der Waals surface area contributed by atoms with E-state index >= 15 is 0 Å². The zero-order valence-corrected chi connectivity index (χ0v) is 15.9. The molecule has 24 heavy (non-hydrogen) atoms. The summed E-state index contributed by atoms with van der Waals surface area (Å²) in [6.45, 7) is 6.28. The molecule has 3 rings (SSSR count). The van der Waals surface area contributed by atoms with E-state index in [9.17, 15) is 4.79 Å². The van der Waals surface area contributed by atoms with Gasteiger partial charge in [0.2, 0.25) is 0 Å². The molecule has 0 amide bonds. The van der Waals surface area contributed by atoms with Gasteiger partial charge in [-0.05, 0) is 29.3 Å². The van der Waals surface area contributed by atoms with Crippen molar-refractivity contribution in [2.75, 3.05) is 23.9 Å². The largest absolute Gasteiger partial charge is 0.497 e. The molecule has 0 saturated heterocycles. The van der Waals surface area contributed by atoms with Gasteiger partial charge in [0.1, 0.15) is 5.75 Å². The second-order valence-corrected chi connectivity index (χ2v) is 7.44. The number of halogens is 1. The fourth-order valence-electron chi connectivity index (χ4n) is 3.36. The first-order chi connectivity index (χ1) is 11.4. The van der Waals surface area contributed by atoms with Crippen molar-refractivity contribution in [1.82, 2.24) is 0 Å². The van der Waals surface area contributed by atoms with E-state index in [1.54, 1.807) is 7.11 Å². The number of nitrogens with zero attached hydrogens (tertiary/aromatic N) is 1. The lowest BCUT2D eigenvalue weighted by Gasteiger charge is -2.22. The Morgan fingerprint density at radius 3 is 2.54 bits per heavy atom. The van der Waals surface area contributed by atoms with Gasteiger partial charge >= 0.3 is 0 Å². The summed E-state index contributed by atoms with van der Waals surface area (Å²) in [7, 11) is 1.68. The topological polar surface area (TPSA) is 29.5 Å². The van der Waals surface area contributed by atoms with Crippen molar-refractivity contribution in [3.05, 3.63) is 59.2 Å². The number of ether oxygens (including phenoxy) is 1. The number of anilines is 1. The molecule has 0 radical (unpaired) electrons. The minimum Gasteiger partial charge on any atom is -0.497 e. The van der Waals surface area contributed by atoms with Crippen molar-refractivity contribution in [1.29, 1.82) is 0 Å². The molecule has 4 heteroatoms. The lowest BCUT2D eigenvalue weighted by Crippen LogP contribution is -2.28. The minimum atomic E-state index is 0.0811. The van der Waals surface area contributed by atoms with Crippen LogP contribution in [0, 0.1) is 0 Å². The first-order valence-electron chi connectivity index (χ1n) is 8.06. The standard InChI is InChI=1S/C20H22BrNO2/c1-20(2)13-22(12-14-4-7-16(24-3)8-5-14)18-10-15(19(23)11-21)6-9-17(18)20/h4-10H,11-13H2,1-3H3. The molecule has 0 aromatic heterocycles. The Balaban J connectivity index is 1.92. The van der Waals surface area contributed by atoms with E-state index in [1.165, 1.54) is 16.8 Å². The molecule has 0 fully saturated rings. The molecule has 1 aliphatic heterocycles. The maximum Gasteiger partial charge on any atom is 0.173 e. The van der Waals surface area contributed by atoms with Crippen LogP contribution in [-0.4, -0.2) is 24.8 Å². The monoisotopic (exact) mass is 387 g/mol. The second kappa shape index (κ2) is 6.60. The second-order valence-electron chi connectivity index (χ2n) is 6.88. The molecule has 1 heterocycles. The van der Waals surface area contributed by atoms with Crippen LogP contribution in [0.2, 0.25) is 0 Å². The van der Waals surface area contributed by atoms with E-state index in [2.05, 4.69) is 52.9 Å². The fraction of sp³-hybridized carbons (Fsp3) is 0.350. The molecule has 0 bridgehead atoms. The summed E-state index contributed by atoms with van der Waals surface area (Å²) in [4.78, 5) is 14.4. The number of ketones is 1. The van der Waals surface area contributed by atoms with Gasteiger partial charge in [-0.2, -0.15) is 0 Å². The molecule has 2 aromatic carbocycles. The molecular formula is C20H22BrNO2. The van der Waals surface area contributed by atoms with E-state index in [0.717, 1.165) is 24.4 Å². The van der Waals surface area contributed by atoms with Crippen molar-refractivity contribution in [2.24, 2.45) is 0 Å². The lowest BCUT2D eigenvalue weighted by atomic mass is 9.86. The van der Waals surface area contributed by atoms with E-state index < -0.39 is 0 Å². The molecule has 0 atom stereocenters. The number of rotatable bonds is 5. The van der Waals surface area contributed by atoms with Crippen molar-refractivity contribution < 1.29 is 9.53 Å². The van der Waals surface area contributed by atoms with E-state index in [0.29, 0.717) is 5.33 Å². The first kappa shape index (κ1) is 17.0. The van der Waals surface area contributed by atoms with E-state index in [-0.39, 0.29) is 11.2 Å². The Morgan fingerprint density at radius 2 is 1.92 bits per heavy atom. The third-order valence-corrected chi connectivity index (χ3v) is 5.14. The quantitative estimate of drug-likeness (QED) is 0.555. The number of alkyl halides is 1. The third kappa shape index (κ3) is 3.20. The zero-order chi connectivity index (χ0) is 17.3. The van der Waals surface area contributed by atoms with Crippen LogP contribution in [0.1, 0.15) is 35.3 Å². The molecule has 126 valence electrons. The first-order valence-corrected chi connectivity index (χ1v) is 9.18. The molecule has 0 unspecified atom stereocenters. The summed E-state index contributed by atoms with van der Waals surface area (Å²) < 4.78 is 5.23. The lowest BCUT2D eigenvalue weighted by molar-refractivity contribution is 0.102. The van der Waals surface area contributed by atoms with Gasteiger partial charge in [-0.3, -0.25) is 4.79 Å². The van der Waals surface area contributed by atoms with Crippen molar-refractivity contribution >= 4 is 27.4 Å². The summed E-state index contributed by atoms with van der Waals surface area (Å²) in [6.07, 6.45) is 0. The highest BCUT2D eigenvalue weighted by Crippen LogP contribution is 2.41. The Bertz CT molecular complexity index is 753. The van der Waals surface area contributed by atoms with Crippen LogP contribution >= 0.6 is 15.9 Å². The van der Waals surface area contributed by atoms with Gasteiger partial charge in [-0.25, -0.2) is 0 Å². The van der Waals surface area contributed by atoms with Gasteiger partial charge in [0.25, 0.3) is 0 Å². The van der Waals surface area contributed by atoms with Crippen LogP contribution in [0.4, 0.5) is 5.69 Å². The number of Topliss-reactive ketones (excluding diaryl/α,β-unsaturated/α-hetero) is 1. The highest BCUT2D eigenvalue weighted by atomic mass is 79.9. The van der Waals surface area contributed by atoms with Gasteiger partial charge in [0.05, 0.1) is 12.4 Å². The maximum absolute atomic E-state index is 12.0. The number of carbonyl (C=O) groups is 1. The van der Waals surface area contributed by atoms with Gasteiger partial charge in [0.15, 0.2) is 5.78 Å². The van der Waals surface area contributed by atoms with Crippen LogP contribution < -0.4 is 9.64 Å². The van der Waals surface area contributed by atoms with Gasteiger partial charge in [-0.1, -0.05) is 54.0 Å². The van der Waals surface area contributed by atoms with Crippen LogP contribution in [0.15, 0.2) is 42.5 Å². The number of methoxy groups -OCH3 is 1. The predicted molar refractivity (Wildman–Crippen MR) is 102 cm³/mol. The molecule has 1 aliphatic rings. The van der Waals surface area contributed by atoms with Crippen LogP contribution in [0.5, 0.6) is 5.75 Å². The van der Waals surface area contributed by atoms with Crippen molar-refractivity contribution in [3.8, 4) is 5.75 Å². The Kier molecular flexibility index (Phi) is 4.68. The Hall–Kier alpha value is -1.81. The summed E-state index contributed by atoms with van der Waals surface area (Å²) in [5.41, 5.74) is 4.56. The number of fused-ring (bicyclic) bond motifs is 1. The Morgan fingerprint density at radius 1 is 1.21 bits per heavy atom. The average Bonchev–Trinajstić information content (AvgIpc) is 2.85. The number of hydrogen-bond acceptors (Lipinski definition) is 3. The van der Waals surface area contributed by atoms with Crippen molar-refractivity contribution in [3.63, 3.8) is 0 Å². The van der Waals surface area contributed by atoms with E-state index in [1.807, 2.05) is 24.3 Å². The molecular weight excluding hydrogens is 366 g/mol. The van der Waals surface area contributed by atoms with Gasteiger partial charge < -0.3 is 9.64 Å².